The maximum absolute atomic E-state index is 5.83. The van der Waals surface area contributed by atoms with E-state index in [9.17, 15) is 0 Å². The first-order valence-electron chi connectivity index (χ1n) is 6.95. The van der Waals surface area contributed by atoms with Crippen LogP contribution in [0, 0.1) is 0 Å². The average molecular weight is 323 g/mol. The summed E-state index contributed by atoms with van der Waals surface area (Å²) in [6.07, 6.45) is 1.64. The van der Waals surface area contributed by atoms with Crippen molar-refractivity contribution in [2.24, 2.45) is 11.5 Å². The van der Waals surface area contributed by atoms with Gasteiger partial charge in [0.25, 0.3) is 0 Å². The maximum Gasteiger partial charge on any atom is 0.500 e. The highest BCUT2D eigenvalue weighted by Gasteiger charge is 2.37. The molecule has 0 rings (SSSR count). The van der Waals surface area contributed by atoms with E-state index < -0.39 is 16.9 Å². The smallest absolute Gasteiger partial charge is 0.377 e. The summed E-state index contributed by atoms with van der Waals surface area (Å²) in [6.45, 7) is 11.1. The first-order chi connectivity index (χ1) is 9.20. The van der Waals surface area contributed by atoms with Gasteiger partial charge in [-0.25, -0.2) is 0 Å². The van der Waals surface area contributed by atoms with Gasteiger partial charge in [-0.1, -0.05) is 19.6 Å². The molecular weight excluding hydrogens is 288 g/mol. The summed E-state index contributed by atoms with van der Waals surface area (Å²) in [5.41, 5.74) is 13.3. The summed E-state index contributed by atoms with van der Waals surface area (Å²) in [4.78, 5) is 0. The van der Waals surface area contributed by atoms with Crippen LogP contribution < -0.4 is 11.5 Å². The third-order valence-electron chi connectivity index (χ3n) is 2.90. The van der Waals surface area contributed by atoms with Gasteiger partial charge in [0, 0.05) is 33.4 Å². The first-order valence-corrected chi connectivity index (χ1v) is 12.5. The van der Waals surface area contributed by atoms with Crippen LogP contribution in [-0.2, 0) is 13.3 Å². The predicted octanol–water partition coefficient (Wildman–Crippen LogP) is 1.98. The Labute approximate surface area is 127 Å². The quantitative estimate of drug-likeness (QED) is 0.635. The second-order valence-corrected chi connectivity index (χ2v) is 14.0. The molecule has 20 heavy (non-hydrogen) atoms. The van der Waals surface area contributed by atoms with Gasteiger partial charge in [-0.2, -0.15) is 0 Å². The summed E-state index contributed by atoms with van der Waals surface area (Å²) in [6, 6.07) is 0.838. The van der Waals surface area contributed by atoms with E-state index in [1.165, 1.54) is 0 Å². The SMILES string of the molecule is C=C[Si](C)(C)C.CO[Si](CCC(N)CCN)(OC)OC. The van der Waals surface area contributed by atoms with Gasteiger partial charge in [0.1, 0.15) is 0 Å². The van der Waals surface area contributed by atoms with Crippen molar-refractivity contribution in [3.05, 3.63) is 12.3 Å². The van der Waals surface area contributed by atoms with Crippen molar-refractivity contribution in [3.8, 4) is 0 Å². The number of rotatable bonds is 9. The Balaban J connectivity index is 0. The van der Waals surface area contributed by atoms with Gasteiger partial charge >= 0.3 is 8.80 Å². The van der Waals surface area contributed by atoms with Crippen molar-refractivity contribution in [1.29, 1.82) is 0 Å². The topological polar surface area (TPSA) is 79.7 Å². The summed E-state index contributed by atoms with van der Waals surface area (Å²) in [5.74, 6) is 0. The van der Waals surface area contributed by atoms with Crippen LogP contribution in [0.25, 0.3) is 0 Å². The Morgan fingerprint density at radius 3 is 1.70 bits per heavy atom. The lowest BCUT2D eigenvalue weighted by Crippen LogP contribution is -2.44. The van der Waals surface area contributed by atoms with Crippen molar-refractivity contribution in [3.63, 3.8) is 0 Å². The molecule has 0 saturated carbocycles. The third kappa shape index (κ3) is 11.8. The van der Waals surface area contributed by atoms with Crippen molar-refractivity contribution in [1.82, 2.24) is 0 Å². The van der Waals surface area contributed by atoms with Gasteiger partial charge in [-0.15, -0.1) is 12.3 Å². The van der Waals surface area contributed by atoms with Crippen LogP contribution in [0.15, 0.2) is 12.3 Å². The molecule has 0 aromatic heterocycles. The maximum atomic E-state index is 5.83. The Morgan fingerprint density at radius 2 is 1.45 bits per heavy atom. The summed E-state index contributed by atoms with van der Waals surface area (Å²) in [5, 5.41) is 0. The van der Waals surface area contributed by atoms with Gasteiger partial charge < -0.3 is 24.7 Å². The second kappa shape index (κ2) is 11.6. The largest absolute Gasteiger partial charge is 0.500 e. The highest BCUT2D eigenvalue weighted by molar-refractivity contribution is 6.80. The van der Waals surface area contributed by atoms with Crippen LogP contribution in [0.5, 0.6) is 0 Å². The van der Waals surface area contributed by atoms with E-state index in [1.807, 2.05) is 0 Å². The number of nitrogens with two attached hydrogens (primary N) is 2. The summed E-state index contributed by atoms with van der Waals surface area (Å²) in [7, 11) is 1.52. The third-order valence-corrected chi connectivity index (χ3v) is 6.90. The molecule has 0 heterocycles. The molecule has 0 saturated heterocycles. The van der Waals surface area contributed by atoms with E-state index in [4.69, 9.17) is 24.7 Å². The minimum atomic E-state index is -2.43. The second-order valence-electron chi connectivity index (χ2n) is 5.74. The zero-order chi connectivity index (χ0) is 16.2. The molecular formula is C13H34N2O3Si2. The molecule has 0 aliphatic rings. The number of hydrogen-bond acceptors (Lipinski definition) is 5. The minimum absolute atomic E-state index is 0.104. The summed E-state index contributed by atoms with van der Waals surface area (Å²) >= 11 is 0. The normalized spacial score (nSPS) is 13.4. The standard InChI is InChI=1S/C8H22N2O3Si.C5H12Si/c1-11-14(12-2,13-3)7-5-8(10)4-6-9;1-5-6(2,3)4/h8H,4-7,9-10H2,1-3H3;5H,1H2,2-4H3. The lowest BCUT2D eigenvalue weighted by molar-refractivity contribution is 0.122. The van der Waals surface area contributed by atoms with Crippen LogP contribution in [0.2, 0.25) is 25.7 Å². The molecule has 0 fully saturated rings. The van der Waals surface area contributed by atoms with Gasteiger partial charge in [0.15, 0.2) is 0 Å². The fraction of sp³-hybridized carbons (Fsp3) is 0.846. The van der Waals surface area contributed by atoms with Gasteiger partial charge in [0.2, 0.25) is 0 Å². The highest BCUT2D eigenvalue weighted by Crippen LogP contribution is 2.16. The molecule has 4 N–H and O–H groups in total. The predicted molar refractivity (Wildman–Crippen MR) is 91.4 cm³/mol. The lowest BCUT2D eigenvalue weighted by atomic mass is 10.2. The van der Waals surface area contributed by atoms with Crippen LogP contribution in [0.1, 0.15) is 12.8 Å². The monoisotopic (exact) mass is 322 g/mol. The molecule has 0 bridgehead atoms. The first kappa shape index (κ1) is 22.3. The molecule has 5 nitrogen and oxygen atoms in total. The molecule has 0 amide bonds. The lowest BCUT2D eigenvalue weighted by Gasteiger charge is -2.25. The van der Waals surface area contributed by atoms with E-state index in [2.05, 4.69) is 31.9 Å². The van der Waals surface area contributed by atoms with E-state index in [0.29, 0.717) is 6.54 Å². The molecule has 0 aliphatic heterocycles. The molecule has 0 aromatic rings. The van der Waals surface area contributed by atoms with Crippen molar-refractivity contribution >= 4 is 16.9 Å². The van der Waals surface area contributed by atoms with Crippen molar-refractivity contribution < 1.29 is 13.3 Å². The van der Waals surface area contributed by atoms with Crippen molar-refractivity contribution in [2.45, 2.75) is 44.6 Å². The fourth-order valence-electron chi connectivity index (χ4n) is 1.28. The van der Waals surface area contributed by atoms with Crippen LogP contribution >= 0.6 is 0 Å². The Hall–Kier alpha value is -0.0262. The molecule has 1 atom stereocenters. The van der Waals surface area contributed by atoms with E-state index in [1.54, 1.807) is 21.3 Å². The molecule has 0 aromatic carbocycles. The van der Waals surface area contributed by atoms with Crippen LogP contribution in [0.4, 0.5) is 0 Å². The van der Waals surface area contributed by atoms with E-state index >= 15 is 0 Å². The van der Waals surface area contributed by atoms with Gasteiger partial charge in [0.05, 0.1) is 8.07 Å². The molecule has 7 heteroatoms. The highest BCUT2D eigenvalue weighted by atomic mass is 28.4. The van der Waals surface area contributed by atoms with Crippen molar-refractivity contribution in [2.75, 3.05) is 27.9 Å². The Kier molecular flexibility index (Phi) is 12.9. The fourth-order valence-corrected chi connectivity index (χ4v) is 3.11. The van der Waals surface area contributed by atoms with Gasteiger partial charge in [-0.05, 0) is 19.4 Å². The summed E-state index contributed by atoms with van der Waals surface area (Å²) < 4.78 is 15.8. The van der Waals surface area contributed by atoms with E-state index in [0.717, 1.165) is 18.9 Å². The Bertz CT molecular complexity index is 236. The molecule has 1 unspecified atom stereocenters. The molecule has 0 radical (unpaired) electrons. The average Bonchev–Trinajstić information content (AvgIpc) is 2.41. The van der Waals surface area contributed by atoms with E-state index in [-0.39, 0.29) is 6.04 Å². The van der Waals surface area contributed by atoms with Crippen LogP contribution in [-0.4, -0.2) is 50.8 Å². The Morgan fingerprint density at radius 1 is 1.05 bits per heavy atom. The molecule has 0 aliphatic carbocycles. The minimum Gasteiger partial charge on any atom is -0.377 e. The van der Waals surface area contributed by atoms with Gasteiger partial charge in [-0.3, -0.25) is 0 Å². The molecule has 0 spiro atoms. The molecule has 122 valence electrons. The zero-order valence-corrected chi connectivity index (χ0v) is 16.1. The zero-order valence-electron chi connectivity index (χ0n) is 14.1. The van der Waals surface area contributed by atoms with Crippen LogP contribution in [0.3, 0.4) is 0 Å². The number of hydrogen-bond donors (Lipinski definition) is 2.